The van der Waals surface area contributed by atoms with Crippen molar-refractivity contribution in [2.75, 3.05) is 18.1 Å². The van der Waals surface area contributed by atoms with Crippen molar-refractivity contribution in [2.24, 2.45) is 0 Å². The highest BCUT2D eigenvalue weighted by Gasteiger charge is 2.00. The maximum atomic E-state index is 5.59. The van der Waals surface area contributed by atoms with Crippen LogP contribution >= 0.6 is 11.8 Å². The molecule has 0 amide bonds. The Labute approximate surface area is 110 Å². The molecule has 96 valence electrons. The molecule has 6 heteroatoms. The van der Waals surface area contributed by atoms with Crippen LogP contribution in [-0.2, 0) is 0 Å². The van der Waals surface area contributed by atoms with Gasteiger partial charge in [-0.1, -0.05) is 11.8 Å². The summed E-state index contributed by atoms with van der Waals surface area (Å²) >= 11 is 1.63. The number of rotatable bonds is 6. The Morgan fingerprint density at radius 2 is 2.11 bits per heavy atom. The van der Waals surface area contributed by atoms with Gasteiger partial charge >= 0.3 is 0 Å². The normalized spacial score (nSPS) is 10.5. The van der Waals surface area contributed by atoms with E-state index < -0.39 is 0 Å². The van der Waals surface area contributed by atoms with E-state index in [1.165, 1.54) is 0 Å². The largest absolute Gasteiger partial charge is 0.494 e. The Bertz CT molecular complexity index is 483. The van der Waals surface area contributed by atoms with Crippen LogP contribution in [0.1, 0.15) is 12.2 Å². The lowest BCUT2D eigenvalue weighted by atomic mass is 10.3. The number of anilines is 1. The van der Waals surface area contributed by atoms with Gasteiger partial charge < -0.3 is 10.5 Å². The summed E-state index contributed by atoms with van der Waals surface area (Å²) in [5.74, 6) is 2.63. The third-order valence-corrected chi connectivity index (χ3v) is 3.18. The van der Waals surface area contributed by atoms with Crippen molar-refractivity contribution in [3.63, 3.8) is 0 Å². The molecule has 3 N–H and O–H groups in total. The number of aromatic nitrogens is 3. The van der Waals surface area contributed by atoms with E-state index in [1.54, 1.807) is 11.8 Å². The van der Waals surface area contributed by atoms with Crippen LogP contribution in [0, 0.1) is 6.92 Å². The van der Waals surface area contributed by atoms with Crippen molar-refractivity contribution in [1.82, 2.24) is 15.2 Å². The summed E-state index contributed by atoms with van der Waals surface area (Å²) in [5, 5.41) is 7.66. The molecule has 1 heterocycles. The van der Waals surface area contributed by atoms with E-state index in [0.29, 0.717) is 6.61 Å². The van der Waals surface area contributed by atoms with Gasteiger partial charge in [0.25, 0.3) is 0 Å². The number of hydrogen-bond acceptors (Lipinski definition) is 5. The molecule has 0 saturated heterocycles. The number of H-pyrrole nitrogens is 1. The molecule has 0 unspecified atom stereocenters. The number of benzene rings is 1. The third-order valence-electron chi connectivity index (χ3n) is 2.25. The highest BCUT2D eigenvalue weighted by Crippen LogP contribution is 2.15. The standard InChI is InChI=1S/C12H16N4OS/c1-9-14-12(16-15-9)18-8-2-7-17-11-5-3-10(13)4-6-11/h3-6H,2,7-8,13H2,1H3,(H,14,15,16). The van der Waals surface area contributed by atoms with E-state index >= 15 is 0 Å². The second-order valence-electron chi connectivity index (χ2n) is 3.82. The first-order valence-corrected chi connectivity index (χ1v) is 6.73. The fourth-order valence-corrected chi connectivity index (χ4v) is 2.12. The van der Waals surface area contributed by atoms with Crippen molar-refractivity contribution < 1.29 is 4.74 Å². The topological polar surface area (TPSA) is 76.8 Å². The van der Waals surface area contributed by atoms with E-state index in [-0.39, 0.29) is 0 Å². The quantitative estimate of drug-likeness (QED) is 0.475. The zero-order chi connectivity index (χ0) is 12.8. The molecule has 0 fully saturated rings. The van der Waals surface area contributed by atoms with Gasteiger partial charge in [0.15, 0.2) is 0 Å². The second kappa shape index (κ2) is 6.30. The van der Waals surface area contributed by atoms with E-state index in [9.17, 15) is 0 Å². The highest BCUT2D eigenvalue weighted by molar-refractivity contribution is 7.99. The number of nitrogens with one attached hydrogen (secondary N) is 1. The second-order valence-corrected chi connectivity index (χ2v) is 4.88. The fraction of sp³-hybridized carbons (Fsp3) is 0.333. The Morgan fingerprint density at radius 1 is 1.33 bits per heavy atom. The number of nitrogens with zero attached hydrogens (tertiary/aromatic N) is 2. The van der Waals surface area contributed by atoms with Crippen LogP contribution in [0.5, 0.6) is 5.75 Å². The van der Waals surface area contributed by atoms with Gasteiger partial charge in [-0.3, -0.25) is 5.10 Å². The van der Waals surface area contributed by atoms with Gasteiger partial charge in [0.1, 0.15) is 11.6 Å². The highest BCUT2D eigenvalue weighted by atomic mass is 32.2. The van der Waals surface area contributed by atoms with Crippen LogP contribution < -0.4 is 10.5 Å². The van der Waals surface area contributed by atoms with Crippen LogP contribution in [-0.4, -0.2) is 27.5 Å². The molecule has 0 radical (unpaired) electrons. The molecule has 1 aromatic carbocycles. The van der Waals surface area contributed by atoms with E-state index in [1.807, 2.05) is 31.2 Å². The lowest BCUT2D eigenvalue weighted by Gasteiger charge is -2.05. The number of nitrogen functional groups attached to an aromatic ring is 1. The molecule has 5 nitrogen and oxygen atoms in total. The van der Waals surface area contributed by atoms with Gasteiger partial charge in [0.2, 0.25) is 5.16 Å². The first-order chi connectivity index (χ1) is 8.74. The molecule has 2 rings (SSSR count). The molecule has 0 aliphatic carbocycles. The van der Waals surface area contributed by atoms with Crippen molar-refractivity contribution in [1.29, 1.82) is 0 Å². The first-order valence-electron chi connectivity index (χ1n) is 5.74. The summed E-state index contributed by atoms with van der Waals surface area (Å²) in [4.78, 5) is 4.22. The monoisotopic (exact) mass is 264 g/mol. The zero-order valence-electron chi connectivity index (χ0n) is 10.2. The van der Waals surface area contributed by atoms with Gasteiger partial charge in [0.05, 0.1) is 6.61 Å². The van der Waals surface area contributed by atoms with E-state index in [4.69, 9.17) is 10.5 Å². The number of ether oxygens (including phenoxy) is 1. The van der Waals surface area contributed by atoms with Gasteiger partial charge in [0, 0.05) is 11.4 Å². The molecular weight excluding hydrogens is 248 g/mol. The summed E-state index contributed by atoms with van der Waals surface area (Å²) in [5.41, 5.74) is 6.34. The lowest BCUT2D eigenvalue weighted by molar-refractivity contribution is 0.319. The molecule has 2 aromatic rings. The predicted octanol–water partition coefficient (Wildman–Crippen LogP) is 2.26. The molecule has 0 atom stereocenters. The first kappa shape index (κ1) is 12.8. The fourth-order valence-electron chi connectivity index (χ4n) is 1.36. The molecule has 1 aromatic heterocycles. The van der Waals surface area contributed by atoms with Crippen LogP contribution in [0.25, 0.3) is 0 Å². The number of nitrogens with two attached hydrogens (primary N) is 1. The van der Waals surface area contributed by atoms with Crippen molar-refractivity contribution in [2.45, 2.75) is 18.5 Å². The number of hydrogen-bond donors (Lipinski definition) is 2. The number of thioether (sulfide) groups is 1. The Kier molecular flexibility index (Phi) is 4.46. The minimum absolute atomic E-state index is 0.681. The number of aryl methyl sites for hydroxylation is 1. The van der Waals surface area contributed by atoms with E-state index in [0.717, 1.165) is 34.6 Å². The Morgan fingerprint density at radius 3 is 2.78 bits per heavy atom. The predicted molar refractivity (Wildman–Crippen MR) is 72.8 cm³/mol. The van der Waals surface area contributed by atoms with Gasteiger partial charge in [-0.25, -0.2) is 4.98 Å². The molecule has 18 heavy (non-hydrogen) atoms. The third kappa shape index (κ3) is 3.96. The Hall–Kier alpha value is -1.69. The zero-order valence-corrected chi connectivity index (χ0v) is 11.0. The maximum absolute atomic E-state index is 5.59. The van der Waals surface area contributed by atoms with Crippen LogP contribution in [0.2, 0.25) is 0 Å². The van der Waals surface area contributed by atoms with Crippen LogP contribution in [0.4, 0.5) is 5.69 Å². The summed E-state index contributed by atoms with van der Waals surface area (Å²) in [7, 11) is 0. The molecular formula is C12H16N4OS. The van der Waals surface area contributed by atoms with Gasteiger partial charge in [-0.2, -0.15) is 0 Å². The maximum Gasteiger partial charge on any atom is 0.208 e. The summed E-state index contributed by atoms with van der Waals surface area (Å²) in [6, 6.07) is 7.42. The smallest absolute Gasteiger partial charge is 0.208 e. The van der Waals surface area contributed by atoms with Crippen molar-refractivity contribution in [3.05, 3.63) is 30.1 Å². The summed E-state index contributed by atoms with van der Waals surface area (Å²) in [6.07, 6.45) is 0.947. The lowest BCUT2D eigenvalue weighted by Crippen LogP contribution is -1.99. The molecule has 0 spiro atoms. The van der Waals surface area contributed by atoms with Crippen LogP contribution in [0.3, 0.4) is 0 Å². The SMILES string of the molecule is Cc1nc(SCCCOc2ccc(N)cc2)n[nH]1. The summed E-state index contributed by atoms with van der Waals surface area (Å²) < 4.78 is 5.59. The van der Waals surface area contributed by atoms with Crippen LogP contribution in [0.15, 0.2) is 29.4 Å². The minimum Gasteiger partial charge on any atom is -0.494 e. The van der Waals surface area contributed by atoms with Crippen molar-refractivity contribution >= 4 is 17.4 Å². The average Bonchev–Trinajstić information content (AvgIpc) is 2.77. The molecule has 0 aliphatic rings. The minimum atomic E-state index is 0.681. The molecule has 0 bridgehead atoms. The van der Waals surface area contributed by atoms with Gasteiger partial charge in [-0.05, 0) is 37.6 Å². The summed E-state index contributed by atoms with van der Waals surface area (Å²) in [6.45, 7) is 2.57. The Balaban J connectivity index is 1.63. The molecule has 0 aliphatic heterocycles. The average molecular weight is 264 g/mol. The molecule has 0 saturated carbocycles. The number of aromatic amines is 1. The van der Waals surface area contributed by atoms with Crippen molar-refractivity contribution in [3.8, 4) is 5.75 Å². The van der Waals surface area contributed by atoms with E-state index in [2.05, 4.69) is 15.2 Å². The van der Waals surface area contributed by atoms with Gasteiger partial charge in [-0.15, -0.1) is 5.10 Å².